The highest BCUT2D eigenvalue weighted by atomic mass is 31.2. The van der Waals surface area contributed by atoms with Gasteiger partial charge in [-0.15, -0.1) is 0 Å². The predicted octanol–water partition coefficient (Wildman–Crippen LogP) is 3.57. The molecule has 3 nitrogen and oxygen atoms in total. The smallest absolute Gasteiger partial charge is 0.232 e. The molecule has 0 aromatic heterocycles. The second-order valence-electron chi connectivity index (χ2n) is 6.05. The van der Waals surface area contributed by atoms with Crippen LogP contribution in [0.15, 0.2) is 30.3 Å². The van der Waals surface area contributed by atoms with Gasteiger partial charge >= 0.3 is 0 Å². The van der Waals surface area contributed by atoms with Crippen LogP contribution in [0.25, 0.3) is 0 Å². The van der Waals surface area contributed by atoms with Crippen LogP contribution in [0.5, 0.6) is 0 Å². The third kappa shape index (κ3) is 3.52. The van der Waals surface area contributed by atoms with Crippen LogP contribution in [0.2, 0.25) is 0 Å². The van der Waals surface area contributed by atoms with E-state index in [0.29, 0.717) is 18.5 Å². The van der Waals surface area contributed by atoms with E-state index in [0.717, 1.165) is 18.1 Å². The molecule has 1 aliphatic rings. The van der Waals surface area contributed by atoms with Crippen LogP contribution in [0.1, 0.15) is 40.0 Å². The molecule has 1 unspecified atom stereocenters. The average Bonchev–Trinajstić information content (AvgIpc) is 3.09. The fourth-order valence-corrected chi connectivity index (χ4v) is 5.25. The van der Waals surface area contributed by atoms with E-state index in [4.69, 9.17) is 4.52 Å². The summed E-state index contributed by atoms with van der Waals surface area (Å²) in [6.07, 6.45) is 2.71. The standard InChI is InChI=1S/C16H25O3P/c1-4-14-12-16(14,17)10-11-20(18,19-13(2)3)15-8-6-5-7-9-15/h5-9,13-14,17H,4,10-12H2,1-3H3/t14-,16+,20?/m0/s1. The number of hydrogen-bond donors (Lipinski definition) is 1. The second-order valence-corrected chi connectivity index (χ2v) is 8.57. The molecule has 2 rings (SSSR count). The molecule has 0 radical (unpaired) electrons. The molecule has 4 heteroatoms. The van der Waals surface area contributed by atoms with E-state index in [-0.39, 0.29) is 6.10 Å². The summed E-state index contributed by atoms with van der Waals surface area (Å²) < 4.78 is 18.9. The van der Waals surface area contributed by atoms with Crippen molar-refractivity contribution in [1.82, 2.24) is 0 Å². The van der Waals surface area contributed by atoms with Gasteiger partial charge in [-0.3, -0.25) is 4.57 Å². The second kappa shape index (κ2) is 6.01. The SMILES string of the molecule is CC[C@H]1C[C@]1(O)CCP(=O)(OC(C)C)c1ccccc1. The van der Waals surface area contributed by atoms with Crippen molar-refractivity contribution < 1.29 is 14.2 Å². The first-order valence-corrected chi connectivity index (χ1v) is 9.26. The average molecular weight is 296 g/mol. The quantitative estimate of drug-likeness (QED) is 0.782. The van der Waals surface area contributed by atoms with Crippen molar-refractivity contribution in [2.24, 2.45) is 5.92 Å². The maximum absolute atomic E-state index is 13.2. The molecule has 1 aromatic carbocycles. The molecule has 0 saturated heterocycles. The maximum atomic E-state index is 13.2. The monoisotopic (exact) mass is 296 g/mol. The Kier molecular flexibility index (Phi) is 4.73. The molecule has 1 saturated carbocycles. The van der Waals surface area contributed by atoms with Gasteiger partial charge in [0.05, 0.1) is 11.7 Å². The summed E-state index contributed by atoms with van der Waals surface area (Å²) in [6.45, 7) is 5.89. The van der Waals surface area contributed by atoms with Crippen LogP contribution in [-0.4, -0.2) is 23.0 Å². The van der Waals surface area contributed by atoms with Gasteiger partial charge in [-0.05, 0) is 44.7 Å². The molecule has 112 valence electrons. The Morgan fingerprint density at radius 1 is 1.40 bits per heavy atom. The van der Waals surface area contributed by atoms with Gasteiger partial charge in [0.2, 0.25) is 7.37 Å². The van der Waals surface area contributed by atoms with Crippen molar-refractivity contribution in [3.05, 3.63) is 30.3 Å². The Morgan fingerprint density at radius 3 is 2.55 bits per heavy atom. The van der Waals surface area contributed by atoms with Crippen LogP contribution >= 0.6 is 7.37 Å². The van der Waals surface area contributed by atoms with E-state index in [9.17, 15) is 9.67 Å². The van der Waals surface area contributed by atoms with Gasteiger partial charge in [0.25, 0.3) is 0 Å². The number of hydrogen-bond acceptors (Lipinski definition) is 3. The third-order valence-electron chi connectivity index (χ3n) is 4.06. The zero-order valence-electron chi connectivity index (χ0n) is 12.6. The third-order valence-corrected chi connectivity index (χ3v) is 6.72. The zero-order valence-corrected chi connectivity index (χ0v) is 13.5. The van der Waals surface area contributed by atoms with Crippen molar-refractivity contribution >= 4 is 12.7 Å². The molecule has 20 heavy (non-hydrogen) atoms. The Hall–Kier alpha value is -0.630. The van der Waals surface area contributed by atoms with Gasteiger partial charge in [0.15, 0.2) is 0 Å². The summed E-state index contributed by atoms with van der Waals surface area (Å²) in [5.41, 5.74) is -0.612. The Morgan fingerprint density at radius 2 is 2.05 bits per heavy atom. The minimum absolute atomic E-state index is 0.0862. The molecule has 0 heterocycles. The van der Waals surface area contributed by atoms with Gasteiger partial charge in [-0.25, -0.2) is 0 Å². The van der Waals surface area contributed by atoms with E-state index in [2.05, 4.69) is 6.92 Å². The van der Waals surface area contributed by atoms with Crippen molar-refractivity contribution in [2.45, 2.75) is 51.7 Å². The summed E-state index contributed by atoms with van der Waals surface area (Å²) in [5.74, 6) is 0.366. The summed E-state index contributed by atoms with van der Waals surface area (Å²) in [4.78, 5) is 0. The fourth-order valence-electron chi connectivity index (χ4n) is 2.78. The first kappa shape index (κ1) is 15.8. The van der Waals surface area contributed by atoms with Crippen molar-refractivity contribution in [3.8, 4) is 0 Å². The molecule has 0 spiro atoms. The molecule has 1 aliphatic carbocycles. The first-order chi connectivity index (χ1) is 9.39. The predicted molar refractivity (Wildman–Crippen MR) is 82.7 cm³/mol. The molecule has 0 amide bonds. The molecular weight excluding hydrogens is 271 g/mol. The van der Waals surface area contributed by atoms with Crippen molar-refractivity contribution in [1.29, 1.82) is 0 Å². The van der Waals surface area contributed by atoms with E-state index in [1.807, 2.05) is 44.2 Å². The van der Waals surface area contributed by atoms with Gasteiger partial charge in [-0.2, -0.15) is 0 Å². The maximum Gasteiger partial charge on any atom is 0.232 e. The van der Waals surface area contributed by atoms with Crippen molar-refractivity contribution in [3.63, 3.8) is 0 Å². The lowest BCUT2D eigenvalue weighted by atomic mass is 10.2. The normalized spacial score (nSPS) is 28.4. The van der Waals surface area contributed by atoms with E-state index >= 15 is 0 Å². The summed E-state index contributed by atoms with van der Waals surface area (Å²) >= 11 is 0. The lowest BCUT2D eigenvalue weighted by Crippen LogP contribution is -2.19. The molecule has 0 aliphatic heterocycles. The minimum atomic E-state index is -2.88. The molecular formula is C16H25O3P. The van der Waals surface area contributed by atoms with Gasteiger partial charge in [0, 0.05) is 11.5 Å². The van der Waals surface area contributed by atoms with Crippen LogP contribution < -0.4 is 5.30 Å². The lowest BCUT2D eigenvalue weighted by molar-refractivity contribution is 0.125. The lowest BCUT2D eigenvalue weighted by Gasteiger charge is -2.23. The Balaban J connectivity index is 2.10. The minimum Gasteiger partial charge on any atom is -0.390 e. The Bertz CT molecular complexity index is 486. The highest BCUT2D eigenvalue weighted by Gasteiger charge is 2.52. The highest BCUT2D eigenvalue weighted by Crippen LogP contribution is 2.54. The summed E-state index contributed by atoms with van der Waals surface area (Å²) in [7, 11) is -2.88. The number of benzene rings is 1. The van der Waals surface area contributed by atoms with E-state index in [1.54, 1.807) is 0 Å². The number of rotatable bonds is 7. The van der Waals surface area contributed by atoms with Crippen LogP contribution in [0, 0.1) is 5.92 Å². The van der Waals surface area contributed by atoms with Gasteiger partial charge < -0.3 is 9.63 Å². The molecule has 0 bridgehead atoms. The highest BCUT2D eigenvalue weighted by molar-refractivity contribution is 7.67. The van der Waals surface area contributed by atoms with Crippen molar-refractivity contribution in [2.75, 3.05) is 6.16 Å². The van der Waals surface area contributed by atoms with Gasteiger partial charge in [-0.1, -0.05) is 31.5 Å². The molecule has 1 fully saturated rings. The molecule has 1 aromatic rings. The van der Waals surface area contributed by atoms with E-state index in [1.165, 1.54) is 0 Å². The van der Waals surface area contributed by atoms with Gasteiger partial charge in [0.1, 0.15) is 0 Å². The first-order valence-electron chi connectivity index (χ1n) is 7.45. The van der Waals surface area contributed by atoms with Crippen LogP contribution in [0.3, 0.4) is 0 Å². The summed E-state index contributed by atoms with van der Waals surface area (Å²) in [5, 5.41) is 11.1. The zero-order chi connectivity index (χ0) is 14.8. The largest absolute Gasteiger partial charge is 0.390 e. The topological polar surface area (TPSA) is 46.5 Å². The fraction of sp³-hybridized carbons (Fsp3) is 0.625. The Labute approximate surface area is 121 Å². The molecule has 3 atom stereocenters. The summed E-state index contributed by atoms with van der Waals surface area (Å²) in [6, 6.07) is 9.39. The van der Waals surface area contributed by atoms with Crippen LogP contribution in [-0.2, 0) is 9.09 Å². The molecule has 1 N–H and O–H groups in total. The van der Waals surface area contributed by atoms with E-state index < -0.39 is 13.0 Å². The number of aliphatic hydroxyl groups is 1. The van der Waals surface area contributed by atoms with Crippen LogP contribution in [0.4, 0.5) is 0 Å².